The SMILES string of the molecule is Brc1cccc(-c2cccc(-c3nc(-c4ccccc4)nc(-c4ccccc4)n3)c2)c1. The molecule has 0 amide bonds. The molecule has 0 N–H and O–H groups in total. The van der Waals surface area contributed by atoms with Gasteiger partial charge in [-0.2, -0.15) is 0 Å². The predicted octanol–water partition coefficient (Wildman–Crippen LogP) is 7.30. The first kappa shape index (κ1) is 19.3. The minimum atomic E-state index is 0.657. The van der Waals surface area contributed by atoms with E-state index >= 15 is 0 Å². The Hall–Kier alpha value is -3.63. The summed E-state index contributed by atoms with van der Waals surface area (Å²) >= 11 is 3.56. The van der Waals surface area contributed by atoms with Crippen molar-refractivity contribution in [3.05, 3.63) is 114 Å². The van der Waals surface area contributed by atoms with Crippen molar-refractivity contribution in [3.8, 4) is 45.3 Å². The van der Waals surface area contributed by atoms with Crippen LogP contribution >= 0.6 is 15.9 Å². The van der Waals surface area contributed by atoms with Crippen molar-refractivity contribution < 1.29 is 0 Å². The summed E-state index contributed by atoms with van der Waals surface area (Å²) < 4.78 is 1.05. The van der Waals surface area contributed by atoms with E-state index in [2.05, 4.69) is 40.2 Å². The van der Waals surface area contributed by atoms with Crippen molar-refractivity contribution in [2.24, 2.45) is 0 Å². The fraction of sp³-hybridized carbons (Fsp3) is 0. The summed E-state index contributed by atoms with van der Waals surface area (Å²) in [6, 6.07) is 36.6. The molecule has 0 saturated carbocycles. The molecular formula is C27H18BrN3. The molecule has 0 saturated heterocycles. The summed E-state index contributed by atoms with van der Waals surface area (Å²) in [6.45, 7) is 0. The Morgan fingerprint density at radius 1 is 0.387 bits per heavy atom. The van der Waals surface area contributed by atoms with Gasteiger partial charge in [-0.05, 0) is 29.3 Å². The summed E-state index contributed by atoms with van der Waals surface area (Å²) in [5.41, 5.74) is 5.13. The minimum absolute atomic E-state index is 0.657. The fourth-order valence-corrected chi connectivity index (χ4v) is 3.84. The molecule has 31 heavy (non-hydrogen) atoms. The average Bonchev–Trinajstić information content (AvgIpc) is 2.85. The van der Waals surface area contributed by atoms with E-state index < -0.39 is 0 Å². The lowest BCUT2D eigenvalue weighted by atomic mass is 10.0. The van der Waals surface area contributed by atoms with Crippen LogP contribution in [0.5, 0.6) is 0 Å². The van der Waals surface area contributed by atoms with Crippen LogP contribution in [0.15, 0.2) is 114 Å². The predicted molar refractivity (Wildman–Crippen MR) is 129 cm³/mol. The standard InChI is InChI=1S/C27H18BrN3/c28-24-16-8-14-22(18-24)21-13-7-15-23(17-21)27-30-25(19-9-3-1-4-10-19)29-26(31-27)20-11-5-2-6-12-20/h1-18H. The molecule has 4 heteroatoms. The molecule has 0 atom stereocenters. The second kappa shape index (κ2) is 8.62. The van der Waals surface area contributed by atoms with Gasteiger partial charge in [0.2, 0.25) is 0 Å². The van der Waals surface area contributed by atoms with E-state index in [1.165, 1.54) is 0 Å². The third-order valence-corrected chi connectivity index (χ3v) is 5.47. The largest absolute Gasteiger partial charge is 0.208 e. The summed E-state index contributed by atoms with van der Waals surface area (Å²) in [5.74, 6) is 1.99. The first-order valence-corrected chi connectivity index (χ1v) is 10.8. The molecule has 4 aromatic carbocycles. The Balaban J connectivity index is 1.66. The highest BCUT2D eigenvalue weighted by atomic mass is 79.9. The Labute approximate surface area is 189 Å². The van der Waals surface area contributed by atoms with Crippen LogP contribution in [0.1, 0.15) is 0 Å². The maximum atomic E-state index is 4.82. The maximum absolute atomic E-state index is 4.82. The van der Waals surface area contributed by atoms with Gasteiger partial charge in [-0.1, -0.05) is 107 Å². The number of aromatic nitrogens is 3. The van der Waals surface area contributed by atoms with Crippen LogP contribution in [0.2, 0.25) is 0 Å². The Kier molecular flexibility index (Phi) is 5.38. The topological polar surface area (TPSA) is 38.7 Å². The monoisotopic (exact) mass is 463 g/mol. The molecule has 0 aliphatic carbocycles. The van der Waals surface area contributed by atoms with Gasteiger partial charge in [-0.15, -0.1) is 0 Å². The number of rotatable bonds is 4. The smallest absolute Gasteiger partial charge is 0.164 e. The third-order valence-electron chi connectivity index (χ3n) is 4.98. The highest BCUT2D eigenvalue weighted by molar-refractivity contribution is 9.10. The van der Waals surface area contributed by atoms with Crippen molar-refractivity contribution >= 4 is 15.9 Å². The van der Waals surface area contributed by atoms with Crippen molar-refractivity contribution in [2.75, 3.05) is 0 Å². The van der Waals surface area contributed by atoms with Crippen LogP contribution in [0.3, 0.4) is 0 Å². The molecular weight excluding hydrogens is 446 g/mol. The molecule has 5 aromatic rings. The Morgan fingerprint density at radius 3 is 1.35 bits per heavy atom. The zero-order valence-electron chi connectivity index (χ0n) is 16.6. The number of hydrogen-bond donors (Lipinski definition) is 0. The van der Waals surface area contributed by atoms with Crippen LogP contribution in [-0.2, 0) is 0 Å². The number of hydrogen-bond acceptors (Lipinski definition) is 3. The van der Waals surface area contributed by atoms with Crippen LogP contribution in [0.4, 0.5) is 0 Å². The fourth-order valence-electron chi connectivity index (χ4n) is 3.44. The van der Waals surface area contributed by atoms with E-state index in [9.17, 15) is 0 Å². The molecule has 1 heterocycles. The lowest BCUT2D eigenvalue weighted by molar-refractivity contribution is 1.07. The van der Waals surface area contributed by atoms with Gasteiger partial charge in [0.05, 0.1) is 0 Å². The number of nitrogens with zero attached hydrogens (tertiary/aromatic N) is 3. The number of benzene rings is 4. The normalized spacial score (nSPS) is 10.7. The summed E-state index contributed by atoms with van der Waals surface area (Å²) in [7, 11) is 0. The van der Waals surface area contributed by atoms with Crippen molar-refractivity contribution in [1.82, 2.24) is 15.0 Å². The zero-order valence-corrected chi connectivity index (χ0v) is 18.2. The van der Waals surface area contributed by atoms with Gasteiger partial charge in [-0.25, -0.2) is 15.0 Å². The van der Waals surface area contributed by atoms with Gasteiger partial charge in [0.15, 0.2) is 17.5 Å². The van der Waals surface area contributed by atoms with E-state index in [0.717, 1.165) is 32.3 Å². The van der Waals surface area contributed by atoms with Gasteiger partial charge >= 0.3 is 0 Å². The minimum Gasteiger partial charge on any atom is -0.208 e. The van der Waals surface area contributed by atoms with Gasteiger partial charge < -0.3 is 0 Å². The van der Waals surface area contributed by atoms with Crippen molar-refractivity contribution in [2.45, 2.75) is 0 Å². The van der Waals surface area contributed by atoms with E-state index in [-0.39, 0.29) is 0 Å². The first-order chi connectivity index (χ1) is 15.3. The Bertz CT molecular complexity index is 1280. The average molecular weight is 464 g/mol. The molecule has 148 valence electrons. The second-order valence-corrected chi connectivity index (χ2v) is 8.05. The highest BCUT2D eigenvalue weighted by Gasteiger charge is 2.12. The molecule has 0 spiro atoms. The van der Waals surface area contributed by atoms with Gasteiger partial charge in [0, 0.05) is 21.2 Å². The van der Waals surface area contributed by atoms with Gasteiger partial charge in [-0.3, -0.25) is 0 Å². The van der Waals surface area contributed by atoms with Crippen LogP contribution in [0.25, 0.3) is 45.3 Å². The third kappa shape index (κ3) is 4.30. The molecule has 0 radical (unpaired) electrons. The Morgan fingerprint density at radius 2 is 0.806 bits per heavy atom. The summed E-state index contributed by atoms with van der Waals surface area (Å²) in [6.07, 6.45) is 0. The van der Waals surface area contributed by atoms with E-state index in [0.29, 0.717) is 17.5 Å². The van der Waals surface area contributed by atoms with E-state index in [1.807, 2.05) is 84.9 Å². The van der Waals surface area contributed by atoms with Gasteiger partial charge in [0.25, 0.3) is 0 Å². The van der Waals surface area contributed by atoms with Crippen LogP contribution < -0.4 is 0 Å². The zero-order chi connectivity index (χ0) is 21.0. The second-order valence-electron chi connectivity index (χ2n) is 7.13. The molecule has 1 aromatic heterocycles. The summed E-state index contributed by atoms with van der Waals surface area (Å²) in [4.78, 5) is 14.4. The van der Waals surface area contributed by atoms with E-state index in [1.54, 1.807) is 0 Å². The molecule has 0 bridgehead atoms. The summed E-state index contributed by atoms with van der Waals surface area (Å²) in [5, 5.41) is 0. The highest BCUT2D eigenvalue weighted by Crippen LogP contribution is 2.29. The molecule has 0 aliphatic heterocycles. The van der Waals surface area contributed by atoms with E-state index in [4.69, 9.17) is 15.0 Å². The van der Waals surface area contributed by atoms with Crippen LogP contribution in [0, 0.1) is 0 Å². The van der Waals surface area contributed by atoms with Gasteiger partial charge in [0.1, 0.15) is 0 Å². The maximum Gasteiger partial charge on any atom is 0.164 e. The molecule has 0 fully saturated rings. The number of halogens is 1. The molecule has 0 unspecified atom stereocenters. The molecule has 5 rings (SSSR count). The molecule has 3 nitrogen and oxygen atoms in total. The van der Waals surface area contributed by atoms with Crippen molar-refractivity contribution in [3.63, 3.8) is 0 Å². The first-order valence-electron chi connectivity index (χ1n) is 9.99. The lowest BCUT2D eigenvalue weighted by Gasteiger charge is -2.09. The van der Waals surface area contributed by atoms with Crippen LogP contribution in [-0.4, -0.2) is 15.0 Å². The quantitative estimate of drug-likeness (QED) is 0.280. The van der Waals surface area contributed by atoms with Crippen molar-refractivity contribution in [1.29, 1.82) is 0 Å². The molecule has 0 aliphatic rings. The lowest BCUT2D eigenvalue weighted by Crippen LogP contribution is -2.00.